The van der Waals surface area contributed by atoms with Gasteiger partial charge in [-0.2, -0.15) is 0 Å². The molecule has 2 aromatic heterocycles. The van der Waals surface area contributed by atoms with Gasteiger partial charge in [-0.1, -0.05) is 29.8 Å². The molecule has 0 aliphatic carbocycles. The largest absolute Gasteiger partial charge is 0.507 e. The van der Waals surface area contributed by atoms with Crippen LogP contribution in [0.5, 0.6) is 17.2 Å². The Balaban J connectivity index is 1.78. The fourth-order valence-electron chi connectivity index (χ4n) is 3.83. The van der Waals surface area contributed by atoms with Crippen LogP contribution < -0.4 is 15.0 Å². The van der Waals surface area contributed by atoms with E-state index in [1.54, 1.807) is 68.8 Å². The SMILES string of the molecule is COc1ccc(OC)c(-n2c(=O)c(-c3nc(-c4ccc(Cl)cc4)cs3)cc3c(O)cccc32)c1. The maximum atomic E-state index is 13.9. The molecule has 5 aromatic rings. The van der Waals surface area contributed by atoms with Gasteiger partial charge < -0.3 is 14.6 Å². The van der Waals surface area contributed by atoms with Crippen molar-refractivity contribution in [1.82, 2.24) is 9.55 Å². The lowest BCUT2D eigenvalue weighted by molar-refractivity contribution is 0.401. The van der Waals surface area contributed by atoms with E-state index < -0.39 is 0 Å². The Morgan fingerprint density at radius 2 is 1.79 bits per heavy atom. The van der Waals surface area contributed by atoms with Crippen LogP contribution >= 0.6 is 22.9 Å². The number of ether oxygens (including phenoxy) is 2. The van der Waals surface area contributed by atoms with Gasteiger partial charge in [0.25, 0.3) is 5.56 Å². The molecular formula is C26H19ClN2O4S. The van der Waals surface area contributed by atoms with Crippen molar-refractivity contribution in [2.75, 3.05) is 14.2 Å². The highest BCUT2D eigenvalue weighted by molar-refractivity contribution is 7.13. The predicted molar refractivity (Wildman–Crippen MR) is 136 cm³/mol. The van der Waals surface area contributed by atoms with Gasteiger partial charge in [-0.15, -0.1) is 11.3 Å². The van der Waals surface area contributed by atoms with E-state index in [1.807, 2.05) is 17.5 Å². The van der Waals surface area contributed by atoms with E-state index in [0.29, 0.717) is 43.7 Å². The van der Waals surface area contributed by atoms with Crippen molar-refractivity contribution in [2.45, 2.75) is 0 Å². The predicted octanol–water partition coefficient (Wildman–Crippen LogP) is 6.16. The Bertz CT molecular complexity index is 1570. The molecule has 0 bridgehead atoms. The number of hydrogen-bond acceptors (Lipinski definition) is 6. The van der Waals surface area contributed by atoms with Gasteiger partial charge in [-0.25, -0.2) is 4.98 Å². The minimum absolute atomic E-state index is 0.0591. The van der Waals surface area contributed by atoms with Crippen LogP contribution in [-0.2, 0) is 0 Å². The van der Waals surface area contributed by atoms with E-state index in [2.05, 4.69) is 0 Å². The molecule has 0 radical (unpaired) electrons. The van der Waals surface area contributed by atoms with E-state index in [9.17, 15) is 9.90 Å². The molecule has 170 valence electrons. The molecule has 0 aliphatic rings. The second-order valence-corrected chi connectivity index (χ2v) is 8.79. The van der Waals surface area contributed by atoms with Gasteiger partial charge >= 0.3 is 0 Å². The number of halogens is 1. The zero-order chi connectivity index (χ0) is 23.8. The lowest BCUT2D eigenvalue weighted by atomic mass is 10.1. The number of fused-ring (bicyclic) bond motifs is 1. The number of phenolic OH excluding ortho intramolecular Hbond substituents is 1. The summed E-state index contributed by atoms with van der Waals surface area (Å²) >= 11 is 7.37. The molecule has 0 fully saturated rings. The number of nitrogens with zero attached hydrogens (tertiary/aromatic N) is 2. The fraction of sp³-hybridized carbons (Fsp3) is 0.0769. The van der Waals surface area contributed by atoms with Gasteiger partial charge in [0.2, 0.25) is 0 Å². The average Bonchev–Trinajstić information content (AvgIpc) is 3.34. The Morgan fingerprint density at radius 3 is 2.53 bits per heavy atom. The van der Waals surface area contributed by atoms with Crippen molar-refractivity contribution in [2.24, 2.45) is 0 Å². The summed E-state index contributed by atoms with van der Waals surface area (Å²) in [6.45, 7) is 0. The van der Waals surface area contributed by atoms with Gasteiger partial charge in [0.05, 0.1) is 36.7 Å². The number of thiazole rings is 1. The number of phenols is 1. The third kappa shape index (κ3) is 3.79. The molecule has 6 nitrogen and oxygen atoms in total. The Morgan fingerprint density at radius 1 is 1.00 bits per heavy atom. The quantitative estimate of drug-likeness (QED) is 0.319. The van der Waals surface area contributed by atoms with Crippen LogP contribution in [0.15, 0.2) is 76.9 Å². The van der Waals surface area contributed by atoms with E-state index in [0.717, 1.165) is 11.3 Å². The van der Waals surface area contributed by atoms with Crippen molar-refractivity contribution < 1.29 is 14.6 Å². The highest BCUT2D eigenvalue weighted by Gasteiger charge is 2.20. The van der Waals surface area contributed by atoms with Crippen molar-refractivity contribution >= 4 is 33.8 Å². The first-order valence-electron chi connectivity index (χ1n) is 10.3. The first-order chi connectivity index (χ1) is 16.5. The minimum atomic E-state index is -0.290. The van der Waals surface area contributed by atoms with Crippen molar-refractivity contribution in [1.29, 1.82) is 0 Å². The first-order valence-corrected chi connectivity index (χ1v) is 11.6. The van der Waals surface area contributed by atoms with Crippen molar-refractivity contribution in [3.05, 3.63) is 87.5 Å². The molecule has 0 atom stereocenters. The summed E-state index contributed by atoms with van der Waals surface area (Å²) < 4.78 is 12.5. The number of aromatic hydroxyl groups is 1. The lowest BCUT2D eigenvalue weighted by Crippen LogP contribution is -2.21. The third-order valence-electron chi connectivity index (χ3n) is 5.52. The minimum Gasteiger partial charge on any atom is -0.507 e. The van der Waals surface area contributed by atoms with Crippen LogP contribution in [0.1, 0.15) is 0 Å². The van der Waals surface area contributed by atoms with Crippen LogP contribution in [0.4, 0.5) is 0 Å². The molecule has 8 heteroatoms. The van der Waals surface area contributed by atoms with Crippen LogP contribution in [0.2, 0.25) is 5.02 Å². The maximum Gasteiger partial charge on any atom is 0.266 e. The number of hydrogen-bond donors (Lipinski definition) is 1. The van der Waals surface area contributed by atoms with Crippen LogP contribution in [0.3, 0.4) is 0 Å². The normalized spacial score (nSPS) is 11.0. The second kappa shape index (κ2) is 8.85. The van der Waals surface area contributed by atoms with Gasteiger partial charge in [-0.05, 0) is 42.5 Å². The average molecular weight is 491 g/mol. The zero-order valence-electron chi connectivity index (χ0n) is 18.3. The molecule has 0 spiro atoms. The summed E-state index contributed by atoms with van der Waals surface area (Å²) in [6.07, 6.45) is 0. The van der Waals surface area contributed by atoms with E-state index in [-0.39, 0.29) is 11.3 Å². The molecule has 34 heavy (non-hydrogen) atoms. The number of pyridine rings is 1. The second-order valence-electron chi connectivity index (χ2n) is 7.49. The highest BCUT2D eigenvalue weighted by Crippen LogP contribution is 2.35. The molecule has 0 unspecified atom stereocenters. The molecular weight excluding hydrogens is 472 g/mol. The summed E-state index contributed by atoms with van der Waals surface area (Å²) in [5.74, 6) is 1.12. The number of aromatic nitrogens is 2. The molecule has 0 amide bonds. The summed E-state index contributed by atoms with van der Waals surface area (Å²) in [5, 5.41) is 14.2. The molecule has 0 saturated carbocycles. The summed E-state index contributed by atoms with van der Waals surface area (Å²) in [7, 11) is 3.10. The Kier molecular flexibility index (Phi) is 5.73. The van der Waals surface area contributed by atoms with Crippen LogP contribution in [-0.4, -0.2) is 28.9 Å². The molecule has 5 rings (SSSR count). The van der Waals surface area contributed by atoms with Gasteiger partial charge in [-0.3, -0.25) is 9.36 Å². The maximum absolute atomic E-state index is 13.9. The topological polar surface area (TPSA) is 73.6 Å². The van der Waals surface area contributed by atoms with Crippen molar-refractivity contribution in [3.63, 3.8) is 0 Å². The Hall–Kier alpha value is -3.81. The third-order valence-corrected chi connectivity index (χ3v) is 6.65. The fourth-order valence-corrected chi connectivity index (χ4v) is 4.80. The van der Waals surface area contributed by atoms with Gasteiger partial charge in [0.15, 0.2) is 0 Å². The van der Waals surface area contributed by atoms with E-state index in [4.69, 9.17) is 26.1 Å². The zero-order valence-corrected chi connectivity index (χ0v) is 19.9. The standard InChI is InChI=1S/C26H19ClN2O4S/c1-32-17-10-11-24(33-2)22(12-17)29-21-4-3-5-23(30)18(21)13-19(26(29)31)25-28-20(14-34-25)15-6-8-16(27)9-7-15/h3-14,30H,1-2H3. The van der Waals surface area contributed by atoms with Crippen molar-refractivity contribution in [3.8, 4) is 44.8 Å². The number of methoxy groups -OCH3 is 2. The Labute approximate surface area is 204 Å². The lowest BCUT2D eigenvalue weighted by Gasteiger charge is -2.16. The van der Waals surface area contributed by atoms with Crippen LogP contribution in [0, 0.1) is 0 Å². The monoisotopic (exact) mass is 490 g/mol. The van der Waals surface area contributed by atoms with Gasteiger partial charge in [0.1, 0.15) is 22.3 Å². The van der Waals surface area contributed by atoms with E-state index in [1.165, 1.54) is 15.9 Å². The van der Waals surface area contributed by atoms with Gasteiger partial charge in [0, 0.05) is 27.4 Å². The number of benzene rings is 3. The molecule has 0 saturated heterocycles. The molecule has 2 heterocycles. The number of rotatable bonds is 5. The summed E-state index contributed by atoms with van der Waals surface area (Å²) in [5.41, 5.74) is 2.74. The summed E-state index contributed by atoms with van der Waals surface area (Å²) in [4.78, 5) is 18.6. The first kappa shape index (κ1) is 22.0. The van der Waals surface area contributed by atoms with E-state index >= 15 is 0 Å². The molecule has 3 aromatic carbocycles. The van der Waals surface area contributed by atoms with Crippen LogP contribution in [0.25, 0.3) is 38.4 Å². The molecule has 1 N–H and O–H groups in total. The highest BCUT2D eigenvalue weighted by atomic mass is 35.5. The summed E-state index contributed by atoms with van der Waals surface area (Å²) in [6, 6.07) is 19.3. The molecule has 0 aliphatic heterocycles. The smallest absolute Gasteiger partial charge is 0.266 e.